The number of aromatic nitrogens is 2. The van der Waals surface area contributed by atoms with Crippen molar-refractivity contribution in [1.82, 2.24) is 9.97 Å². The van der Waals surface area contributed by atoms with Crippen LogP contribution >= 0.6 is 0 Å². The summed E-state index contributed by atoms with van der Waals surface area (Å²) >= 11 is 0. The SMILES string of the molecule is COC(=O)CCCCCNc1cc(C)nc(C(=O)OC)n1. The Morgan fingerprint density at radius 2 is 1.90 bits per heavy atom. The summed E-state index contributed by atoms with van der Waals surface area (Å²) in [7, 11) is 2.68. The maximum Gasteiger partial charge on any atom is 0.376 e. The quantitative estimate of drug-likeness (QED) is 0.576. The molecule has 0 aliphatic rings. The zero-order valence-electron chi connectivity index (χ0n) is 12.6. The number of unbranched alkanes of at least 4 members (excludes halogenated alkanes) is 2. The number of anilines is 1. The number of aryl methyl sites for hydroxylation is 1. The summed E-state index contributed by atoms with van der Waals surface area (Å²) in [6.45, 7) is 2.49. The van der Waals surface area contributed by atoms with E-state index in [1.807, 2.05) is 0 Å². The van der Waals surface area contributed by atoms with Gasteiger partial charge in [-0.05, 0) is 19.8 Å². The second-order valence-corrected chi connectivity index (χ2v) is 4.52. The van der Waals surface area contributed by atoms with E-state index in [9.17, 15) is 9.59 Å². The first kappa shape index (κ1) is 16.9. The van der Waals surface area contributed by atoms with Crippen LogP contribution in [0.2, 0.25) is 0 Å². The number of ether oxygens (including phenoxy) is 2. The topological polar surface area (TPSA) is 90.4 Å². The number of carbonyl (C=O) groups is 2. The number of hydrogen-bond donors (Lipinski definition) is 1. The lowest BCUT2D eigenvalue weighted by atomic mass is 10.2. The molecule has 1 N–H and O–H groups in total. The third-order valence-electron chi connectivity index (χ3n) is 2.81. The van der Waals surface area contributed by atoms with Gasteiger partial charge in [-0.25, -0.2) is 14.8 Å². The van der Waals surface area contributed by atoms with Crippen LogP contribution in [-0.4, -0.2) is 42.7 Å². The highest BCUT2D eigenvalue weighted by molar-refractivity contribution is 5.85. The molecule has 0 radical (unpaired) electrons. The maximum absolute atomic E-state index is 11.4. The Kier molecular flexibility index (Phi) is 7.14. The first-order chi connectivity index (χ1) is 10.1. The Morgan fingerprint density at radius 1 is 1.14 bits per heavy atom. The fraction of sp³-hybridized carbons (Fsp3) is 0.571. The van der Waals surface area contributed by atoms with E-state index in [0.29, 0.717) is 24.5 Å². The average Bonchev–Trinajstić information content (AvgIpc) is 2.48. The zero-order chi connectivity index (χ0) is 15.7. The summed E-state index contributed by atoms with van der Waals surface area (Å²) in [6, 6.07) is 1.76. The Morgan fingerprint density at radius 3 is 2.57 bits per heavy atom. The average molecular weight is 295 g/mol. The third-order valence-corrected chi connectivity index (χ3v) is 2.81. The number of rotatable bonds is 8. The van der Waals surface area contributed by atoms with Gasteiger partial charge in [0.25, 0.3) is 0 Å². The van der Waals surface area contributed by atoms with Gasteiger partial charge in [0.05, 0.1) is 14.2 Å². The predicted molar refractivity (Wildman–Crippen MR) is 77.1 cm³/mol. The smallest absolute Gasteiger partial charge is 0.376 e. The van der Waals surface area contributed by atoms with E-state index in [-0.39, 0.29) is 11.8 Å². The number of hydrogen-bond acceptors (Lipinski definition) is 7. The molecule has 7 nitrogen and oxygen atoms in total. The molecular formula is C14H21N3O4. The Bertz CT molecular complexity index is 491. The van der Waals surface area contributed by atoms with E-state index in [1.54, 1.807) is 13.0 Å². The van der Waals surface area contributed by atoms with Crippen molar-refractivity contribution in [2.75, 3.05) is 26.1 Å². The number of esters is 2. The van der Waals surface area contributed by atoms with Gasteiger partial charge in [-0.2, -0.15) is 0 Å². The normalized spacial score (nSPS) is 10.0. The summed E-state index contributed by atoms with van der Waals surface area (Å²) in [4.78, 5) is 30.4. The Balaban J connectivity index is 2.36. The highest BCUT2D eigenvalue weighted by atomic mass is 16.5. The molecule has 0 unspecified atom stereocenters. The Labute approximate surface area is 124 Å². The number of nitrogens with one attached hydrogen (secondary N) is 1. The first-order valence-corrected chi connectivity index (χ1v) is 6.81. The molecule has 0 saturated carbocycles. The molecule has 1 aromatic rings. The summed E-state index contributed by atoms with van der Waals surface area (Å²) in [6.07, 6.45) is 3.05. The summed E-state index contributed by atoms with van der Waals surface area (Å²) < 4.78 is 9.17. The van der Waals surface area contributed by atoms with E-state index in [1.165, 1.54) is 14.2 Å². The van der Waals surface area contributed by atoms with Crippen molar-refractivity contribution in [3.8, 4) is 0 Å². The van der Waals surface area contributed by atoms with Crippen LogP contribution in [-0.2, 0) is 14.3 Å². The molecule has 1 heterocycles. The van der Waals surface area contributed by atoms with Crippen molar-refractivity contribution in [3.05, 3.63) is 17.6 Å². The lowest BCUT2D eigenvalue weighted by Crippen LogP contribution is -2.12. The number of methoxy groups -OCH3 is 2. The molecule has 21 heavy (non-hydrogen) atoms. The summed E-state index contributed by atoms with van der Waals surface area (Å²) in [5, 5.41) is 3.13. The third kappa shape index (κ3) is 6.20. The zero-order valence-corrected chi connectivity index (χ0v) is 12.6. The molecule has 0 aliphatic heterocycles. The molecule has 0 aliphatic carbocycles. The van der Waals surface area contributed by atoms with Gasteiger partial charge in [0, 0.05) is 24.7 Å². The van der Waals surface area contributed by atoms with E-state index >= 15 is 0 Å². The molecule has 116 valence electrons. The van der Waals surface area contributed by atoms with Crippen molar-refractivity contribution in [3.63, 3.8) is 0 Å². The van der Waals surface area contributed by atoms with Gasteiger partial charge in [-0.1, -0.05) is 6.42 Å². The fourth-order valence-corrected chi connectivity index (χ4v) is 1.73. The summed E-state index contributed by atoms with van der Waals surface area (Å²) in [5.74, 6) is -0.0986. The molecule has 0 saturated heterocycles. The van der Waals surface area contributed by atoms with E-state index in [2.05, 4.69) is 24.8 Å². The molecule has 7 heteroatoms. The van der Waals surface area contributed by atoms with Gasteiger partial charge in [-0.15, -0.1) is 0 Å². The van der Waals surface area contributed by atoms with Crippen LogP contribution in [0.3, 0.4) is 0 Å². The fourth-order valence-electron chi connectivity index (χ4n) is 1.73. The van der Waals surface area contributed by atoms with Crippen molar-refractivity contribution in [2.45, 2.75) is 32.6 Å². The van der Waals surface area contributed by atoms with Crippen molar-refractivity contribution in [1.29, 1.82) is 0 Å². The van der Waals surface area contributed by atoms with Gasteiger partial charge in [-0.3, -0.25) is 4.79 Å². The van der Waals surface area contributed by atoms with Crippen LogP contribution in [0.25, 0.3) is 0 Å². The predicted octanol–water partition coefficient (Wildman–Crippen LogP) is 1.72. The highest BCUT2D eigenvalue weighted by Gasteiger charge is 2.11. The minimum atomic E-state index is -0.556. The molecule has 0 atom stereocenters. The Hall–Kier alpha value is -2.18. The monoisotopic (exact) mass is 295 g/mol. The van der Waals surface area contributed by atoms with E-state index < -0.39 is 5.97 Å². The largest absolute Gasteiger partial charge is 0.469 e. The molecule has 0 amide bonds. The van der Waals surface area contributed by atoms with Crippen LogP contribution in [0.15, 0.2) is 6.07 Å². The minimum absolute atomic E-state index is 0.0469. The van der Waals surface area contributed by atoms with E-state index in [0.717, 1.165) is 19.3 Å². The lowest BCUT2D eigenvalue weighted by Gasteiger charge is -2.07. The van der Waals surface area contributed by atoms with Crippen molar-refractivity contribution in [2.24, 2.45) is 0 Å². The lowest BCUT2D eigenvalue weighted by molar-refractivity contribution is -0.140. The van der Waals surface area contributed by atoms with Gasteiger partial charge < -0.3 is 14.8 Å². The summed E-state index contributed by atoms with van der Waals surface area (Å²) in [5.41, 5.74) is 0.693. The molecule has 0 bridgehead atoms. The van der Waals surface area contributed by atoms with Crippen molar-refractivity contribution >= 4 is 17.8 Å². The molecular weight excluding hydrogens is 274 g/mol. The molecule has 1 aromatic heterocycles. The maximum atomic E-state index is 11.4. The highest BCUT2D eigenvalue weighted by Crippen LogP contribution is 2.08. The second-order valence-electron chi connectivity index (χ2n) is 4.52. The van der Waals surface area contributed by atoms with Crippen molar-refractivity contribution < 1.29 is 19.1 Å². The molecule has 0 fully saturated rings. The van der Waals surface area contributed by atoms with Gasteiger partial charge in [0.2, 0.25) is 5.82 Å². The molecule has 1 rings (SSSR count). The number of carbonyl (C=O) groups excluding carboxylic acids is 2. The molecule has 0 aromatic carbocycles. The van der Waals surface area contributed by atoms with Crippen LogP contribution in [0, 0.1) is 6.92 Å². The van der Waals surface area contributed by atoms with Gasteiger partial charge in [0.15, 0.2) is 0 Å². The molecule has 0 spiro atoms. The van der Waals surface area contributed by atoms with Crippen LogP contribution in [0.1, 0.15) is 42.0 Å². The van der Waals surface area contributed by atoms with Gasteiger partial charge >= 0.3 is 11.9 Å². The van der Waals surface area contributed by atoms with Crippen LogP contribution in [0.4, 0.5) is 5.82 Å². The van der Waals surface area contributed by atoms with Crippen LogP contribution in [0.5, 0.6) is 0 Å². The second kappa shape index (κ2) is 8.89. The van der Waals surface area contributed by atoms with Gasteiger partial charge in [0.1, 0.15) is 5.82 Å². The van der Waals surface area contributed by atoms with E-state index in [4.69, 9.17) is 0 Å². The standard InChI is InChI=1S/C14H21N3O4/c1-10-9-11(17-13(16-10)14(19)21-3)15-8-6-4-5-7-12(18)20-2/h9H,4-8H2,1-3H3,(H,15,16,17). The first-order valence-electron chi connectivity index (χ1n) is 6.81. The number of nitrogens with zero attached hydrogens (tertiary/aromatic N) is 2. The minimum Gasteiger partial charge on any atom is -0.469 e. The van der Waals surface area contributed by atoms with Crippen LogP contribution < -0.4 is 5.32 Å².